The van der Waals surface area contributed by atoms with Crippen molar-refractivity contribution in [1.82, 2.24) is 0 Å². The zero-order chi connectivity index (χ0) is 17.2. The van der Waals surface area contributed by atoms with Crippen LogP contribution >= 0.6 is 15.9 Å². The van der Waals surface area contributed by atoms with Crippen LogP contribution in [0, 0.1) is 0 Å². The summed E-state index contributed by atoms with van der Waals surface area (Å²) in [5, 5.41) is 5.91. The lowest BCUT2D eigenvalue weighted by molar-refractivity contribution is -0.114. The highest BCUT2D eigenvalue weighted by molar-refractivity contribution is 9.10. The minimum atomic E-state index is -0.108. The molecular formula is C18H21BrN2O3. The highest BCUT2D eigenvalue weighted by atomic mass is 79.9. The first-order valence-electron chi connectivity index (χ1n) is 7.77. The number of halogens is 1. The van der Waals surface area contributed by atoms with Crippen molar-refractivity contribution in [3.8, 4) is 5.75 Å². The second kappa shape index (κ2) is 9.95. The van der Waals surface area contributed by atoms with Crippen molar-refractivity contribution in [2.45, 2.75) is 6.92 Å². The van der Waals surface area contributed by atoms with Gasteiger partial charge in [-0.3, -0.25) is 4.79 Å². The molecule has 0 heterocycles. The number of ether oxygens (including phenoxy) is 2. The quantitative estimate of drug-likeness (QED) is 0.635. The summed E-state index contributed by atoms with van der Waals surface area (Å²) in [7, 11) is 0. The molecule has 0 atom stereocenters. The Hall–Kier alpha value is -2.05. The van der Waals surface area contributed by atoms with Crippen molar-refractivity contribution < 1.29 is 14.3 Å². The molecule has 2 aromatic carbocycles. The maximum Gasteiger partial charge on any atom is 0.243 e. The molecule has 0 fully saturated rings. The maximum absolute atomic E-state index is 12.0. The molecule has 0 unspecified atom stereocenters. The van der Waals surface area contributed by atoms with E-state index in [0.29, 0.717) is 19.8 Å². The average Bonchev–Trinajstić information content (AvgIpc) is 2.60. The first-order valence-corrected chi connectivity index (χ1v) is 8.56. The van der Waals surface area contributed by atoms with E-state index in [2.05, 4.69) is 26.6 Å². The van der Waals surface area contributed by atoms with Gasteiger partial charge >= 0.3 is 0 Å². The molecule has 2 rings (SSSR count). The van der Waals surface area contributed by atoms with Crippen LogP contribution in [0.5, 0.6) is 5.75 Å². The second-order valence-electron chi connectivity index (χ2n) is 4.98. The van der Waals surface area contributed by atoms with Crippen LogP contribution in [0.1, 0.15) is 6.92 Å². The van der Waals surface area contributed by atoms with Gasteiger partial charge in [-0.15, -0.1) is 0 Å². The summed E-state index contributed by atoms with van der Waals surface area (Å²) >= 11 is 3.37. The molecule has 0 spiro atoms. The largest absolute Gasteiger partial charge is 0.491 e. The Balaban J connectivity index is 1.74. The van der Waals surface area contributed by atoms with Crippen molar-refractivity contribution >= 4 is 33.2 Å². The summed E-state index contributed by atoms with van der Waals surface area (Å²) < 4.78 is 11.7. The van der Waals surface area contributed by atoms with Crippen molar-refractivity contribution in [2.24, 2.45) is 0 Å². The van der Waals surface area contributed by atoms with Gasteiger partial charge < -0.3 is 20.1 Å². The van der Waals surface area contributed by atoms with Gasteiger partial charge in [0.25, 0.3) is 0 Å². The van der Waals surface area contributed by atoms with Crippen molar-refractivity contribution in [3.63, 3.8) is 0 Å². The molecule has 2 N–H and O–H groups in total. The monoisotopic (exact) mass is 392 g/mol. The number of nitrogens with one attached hydrogen (secondary N) is 2. The van der Waals surface area contributed by atoms with Crippen LogP contribution in [-0.4, -0.2) is 32.3 Å². The van der Waals surface area contributed by atoms with E-state index in [1.165, 1.54) is 0 Å². The van der Waals surface area contributed by atoms with Gasteiger partial charge in [0.15, 0.2) is 0 Å². The van der Waals surface area contributed by atoms with Gasteiger partial charge in [-0.25, -0.2) is 0 Å². The van der Waals surface area contributed by atoms with E-state index in [1.54, 1.807) is 0 Å². The zero-order valence-corrected chi connectivity index (χ0v) is 15.1. The lowest BCUT2D eigenvalue weighted by atomic mass is 10.3. The highest BCUT2D eigenvalue weighted by Crippen LogP contribution is 2.16. The van der Waals surface area contributed by atoms with Gasteiger partial charge in [0.2, 0.25) is 5.91 Å². The van der Waals surface area contributed by atoms with Gasteiger partial charge in [-0.2, -0.15) is 0 Å². The van der Waals surface area contributed by atoms with Gasteiger partial charge in [0.1, 0.15) is 12.4 Å². The van der Waals surface area contributed by atoms with Crippen LogP contribution in [0.3, 0.4) is 0 Å². The number of rotatable bonds is 9. The summed E-state index contributed by atoms with van der Waals surface area (Å²) in [4.78, 5) is 12.0. The molecule has 128 valence electrons. The fourth-order valence-corrected chi connectivity index (χ4v) is 2.22. The molecule has 6 heteroatoms. The van der Waals surface area contributed by atoms with Crippen LogP contribution in [0.25, 0.3) is 0 Å². The van der Waals surface area contributed by atoms with Gasteiger partial charge in [0, 0.05) is 22.5 Å². The lowest BCUT2D eigenvalue weighted by Gasteiger charge is -2.09. The van der Waals surface area contributed by atoms with E-state index in [0.717, 1.165) is 21.6 Å². The molecular weight excluding hydrogens is 372 g/mol. The molecule has 0 aromatic heterocycles. The summed E-state index contributed by atoms with van der Waals surface area (Å²) in [6.07, 6.45) is 0. The molecule has 5 nitrogen and oxygen atoms in total. The second-order valence-corrected chi connectivity index (χ2v) is 5.89. The van der Waals surface area contributed by atoms with Crippen LogP contribution in [0.2, 0.25) is 0 Å². The maximum atomic E-state index is 12.0. The highest BCUT2D eigenvalue weighted by Gasteiger charge is 2.03. The molecule has 1 amide bonds. The number of benzene rings is 2. The van der Waals surface area contributed by atoms with E-state index in [-0.39, 0.29) is 12.5 Å². The van der Waals surface area contributed by atoms with Gasteiger partial charge in [-0.05, 0) is 55.5 Å². The lowest BCUT2D eigenvalue weighted by Crippen LogP contribution is -2.21. The Morgan fingerprint density at radius 3 is 2.33 bits per heavy atom. The zero-order valence-electron chi connectivity index (χ0n) is 13.5. The molecule has 2 aromatic rings. The third-order valence-electron chi connectivity index (χ3n) is 3.14. The number of anilines is 2. The number of carbonyl (C=O) groups is 1. The molecule has 0 saturated heterocycles. The van der Waals surface area contributed by atoms with E-state index >= 15 is 0 Å². The minimum Gasteiger partial charge on any atom is -0.491 e. The first kappa shape index (κ1) is 18.3. The number of hydrogen-bond donors (Lipinski definition) is 2. The third kappa shape index (κ3) is 6.60. The summed E-state index contributed by atoms with van der Waals surface area (Å²) in [6, 6.07) is 14.9. The van der Waals surface area contributed by atoms with Crippen LogP contribution in [0.4, 0.5) is 11.4 Å². The number of carbonyl (C=O) groups excluding carboxylic acids is 1. The topological polar surface area (TPSA) is 59.6 Å². The van der Waals surface area contributed by atoms with E-state index < -0.39 is 0 Å². The molecule has 0 radical (unpaired) electrons. The fourth-order valence-electron chi connectivity index (χ4n) is 1.95. The SMILES string of the molecule is CCOCCOc1ccc(NC(=O)CNc2ccc(Br)cc2)cc1. The summed E-state index contributed by atoms with van der Waals surface area (Å²) in [6.45, 7) is 3.91. The van der Waals surface area contributed by atoms with Crippen molar-refractivity contribution in [3.05, 3.63) is 53.0 Å². The van der Waals surface area contributed by atoms with Crippen molar-refractivity contribution in [1.29, 1.82) is 0 Å². The smallest absolute Gasteiger partial charge is 0.243 e. The van der Waals surface area contributed by atoms with E-state index in [1.807, 2.05) is 55.5 Å². The molecule has 0 aliphatic rings. The molecule has 0 bridgehead atoms. The van der Waals surface area contributed by atoms with Crippen molar-refractivity contribution in [2.75, 3.05) is 37.0 Å². The Kier molecular flexibility index (Phi) is 7.58. The Labute approximate surface area is 150 Å². The summed E-state index contributed by atoms with van der Waals surface area (Å²) in [5.74, 6) is 0.642. The first-order chi connectivity index (χ1) is 11.7. The van der Waals surface area contributed by atoms with E-state index in [9.17, 15) is 4.79 Å². The normalized spacial score (nSPS) is 10.2. The molecule has 24 heavy (non-hydrogen) atoms. The Bertz CT molecular complexity index is 630. The Morgan fingerprint density at radius 2 is 1.67 bits per heavy atom. The predicted octanol–water partition coefficient (Wildman–Crippen LogP) is 3.92. The third-order valence-corrected chi connectivity index (χ3v) is 3.66. The van der Waals surface area contributed by atoms with Crippen LogP contribution in [0.15, 0.2) is 53.0 Å². The fraction of sp³-hybridized carbons (Fsp3) is 0.278. The van der Waals surface area contributed by atoms with Gasteiger partial charge in [-0.1, -0.05) is 15.9 Å². The van der Waals surface area contributed by atoms with Crippen LogP contribution in [-0.2, 0) is 9.53 Å². The molecule has 0 aliphatic heterocycles. The van der Waals surface area contributed by atoms with Crippen LogP contribution < -0.4 is 15.4 Å². The molecule has 0 aliphatic carbocycles. The number of hydrogen-bond acceptors (Lipinski definition) is 4. The standard InChI is InChI=1S/C18H21BrN2O3/c1-2-23-11-12-24-17-9-7-16(8-10-17)21-18(22)13-20-15-5-3-14(19)4-6-15/h3-10,20H,2,11-13H2,1H3,(H,21,22). The number of amides is 1. The van der Waals surface area contributed by atoms with Gasteiger partial charge in [0.05, 0.1) is 13.2 Å². The Morgan fingerprint density at radius 1 is 1.00 bits per heavy atom. The molecule has 0 saturated carbocycles. The minimum absolute atomic E-state index is 0.108. The predicted molar refractivity (Wildman–Crippen MR) is 99.7 cm³/mol. The average molecular weight is 393 g/mol. The van der Waals surface area contributed by atoms with E-state index in [4.69, 9.17) is 9.47 Å². The summed E-state index contributed by atoms with van der Waals surface area (Å²) in [5.41, 5.74) is 1.63.